The number of carboxylic acids is 1. The second-order valence-electron chi connectivity index (χ2n) is 5.74. The zero-order chi connectivity index (χ0) is 19.2. The molecule has 1 aliphatic rings. The van der Waals surface area contributed by atoms with Crippen LogP contribution in [0.25, 0.3) is 0 Å². The minimum atomic E-state index is -1.42. The molecule has 8 nitrogen and oxygen atoms in total. The molecule has 0 saturated carbocycles. The Morgan fingerprint density at radius 1 is 1.12 bits per heavy atom. The van der Waals surface area contributed by atoms with Crippen molar-refractivity contribution in [2.24, 2.45) is 0 Å². The van der Waals surface area contributed by atoms with Crippen molar-refractivity contribution in [1.29, 1.82) is 0 Å². The van der Waals surface area contributed by atoms with Crippen LogP contribution in [0.5, 0.6) is 17.2 Å². The van der Waals surface area contributed by atoms with E-state index in [-0.39, 0.29) is 25.2 Å². The van der Waals surface area contributed by atoms with Crippen molar-refractivity contribution in [3.63, 3.8) is 0 Å². The lowest BCUT2D eigenvalue weighted by Gasteiger charge is -2.24. The number of nitrogens with one attached hydrogen (secondary N) is 1. The van der Waals surface area contributed by atoms with Crippen molar-refractivity contribution in [2.75, 3.05) is 33.0 Å². The molecule has 1 amide bonds. The summed E-state index contributed by atoms with van der Waals surface area (Å²) < 4.78 is 21.9. The lowest BCUT2D eigenvalue weighted by atomic mass is 9.98. The largest absolute Gasteiger partial charge is 0.490 e. The van der Waals surface area contributed by atoms with Crippen molar-refractivity contribution in [3.05, 3.63) is 17.7 Å². The standard InChI is InChI=1S/C18H25NO7/c1-4-24-13-9-12(10-14(25-5-2)15(13)26-6-3)16(20)19-18(17(21)22)7-8-23-11-18/h9-10H,4-8,11H2,1-3H3,(H,19,20)(H,21,22). The first kappa shape index (κ1) is 19.8. The number of amides is 1. The molecule has 0 radical (unpaired) electrons. The molecule has 2 N–H and O–H groups in total. The molecule has 0 aromatic heterocycles. The average Bonchev–Trinajstić information content (AvgIpc) is 3.07. The zero-order valence-corrected chi connectivity index (χ0v) is 15.3. The predicted molar refractivity (Wildman–Crippen MR) is 93.2 cm³/mol. The highest BCUT2D eigenvalue weighted by atomic mass is 16.5. The molecule has 1 heterocycles. The molecule has 0 bridgehead atoms. The van der Waals surface area contributed by atoms with E-state index in [1.807, 2.05) is 20.8 Å². The minimum Gasteiger partial charge on any atom is -0.490 e. The normalized spacial score (nSPS) is 19.0. The smallest absolute Gasteiger partial charge is 0.331 e. The van der Waals surface area contributed by atoms with Crippen LogP contribution in [0, 0.1) is 0 Å². The van der Waals surface area contributed by atoms with Crippen LogP contribution in [0.4, 0.5) is 0 Å². The first-order valence-corrected chi connectivity index (χ1v) is 8.67. The van der Waals surface area contributed by atoms with Gasteiger partial charge in [-0.25, -0.2) is 4.79 Å². The molecule has 1 saturated heterocycles. The Morgan fingerprint density at radius 3 is 2.12 bits per heavy atom. The maximum absolute atomic E-state index is 12.7. The van der Waals surface area contributed by atoms with Gasteiger partial charge in [-0.2, -0.15) is 0 Å². The van der Waals surface area contributed by atoms with Crippen molar-refractivity contribution < 1.29 is 33.6 Å². The molecule has 8 heteroatoms. The van der Waals surface area contributed by atoms with E-state index in [2.05, 4.69) is 5.32 Å². The molecular weight excluding hydrogens is 342 g/mol. The van der Waals surface area contributed by atoms with Gasteiger partial charge in [-0.3, -0.25) is 4.79 Å². The molecule has 1 fully saturated rings. The summed E-state index contributed by atoms with van der Waals surface area (Å²) in [4.78, 5) is 24.3. The summed E-state index contributed by atoms with van der Waals surface area (Å²) >= 11 is 0. The van der Waals surface area contributed by atoms with Gasteiger partial charge in [0.05, 0.1) is 26.4 Å². The van der Waals surface area contributed by atoms with Crippen LogP contribution < -0.4 is 19.5 Å². The second kappa shape index (κ2) is 8.75. The number of ether oxygens (including phenoxy) is 4. The Kier molecular flexibility index (Phi) is 6.68. The highest BCUT2D eigenvalue weighted by Crippen LogP contribution is 2.39. The number of rotatable bonds is 9. The Bertz CT molecular complexity index is 626. The maximum atomic E-state index is 12.7. The SMILES string of the molecule is CCOc1cc(C(=O)NC2(C(=O)O)CCOC2)cc(OCC)c1OCC. The highest BCUT2D eigenvalue weighted by Gasteiger charge is 2.44. The fraction of sp³-hybridized carbons (Fsp3) is 0.556. The van der Waals surface area contributed by atoms with E-state index in [4.69, 9.17) is 18.9 Å². The van der Waals surface area contributed by atoms with Crippen molar-refractivity contribution in [1.82, 2.24) is 5.32 Å². The summed E-state index contributed by atoms with van der Waals surface area (Å²) in [6.45, 7) is 6.85. The van der Waals surface area contributed by atoms with Gasteiger partial charge in [0, 0.05) is 18.6 Å². The van der Waals surface area contributed by atoms with E-state index in [1.165, 1.54) is 12.1 Å². The number of carbonyl (C=O) groups is 2. The molecule has 1 unspecified atom stereocenters. The monoisotopic (exact) mass is 367 g/mol. The predicted octanol–water partition coefficient (Wildman–Crippen LogP) is 1.86. The summed E-state index contributed by atoms with van der Waals surface area (Å²) in [5.74, 6) is -0.493. The van der Waals surface area contributed by atoms with Gasteiger partial charge < -0.3 is 29.4 Å². The molecule has 0 spiro atoms. The Balaban J connectivity index is 2.37. The van der Waals surface area contributed by atoms with Gasteiger partial charge >= 0.3 is 5.97 Å². The quantitative estimate of drug-likeness (QED) is 0.686. The van der Waals surface area contributed by atoms with E-state index < -0.39 is 17.4 Å². The third-order valence-corrected chi connectivity index (χ3v) is 3.96. The first-order chi connectivity index (χ1) is 12.5. The van der Waals surface area contributed by atoms with Gasteiger partial charge in [0.1, 0.15) is 0 Å². The number of hydrogen-bond acceptors (Lipinski definition) is 6. The Morgan fingerprint density at radius 2 is 1.69 bits per heavy atom. The van der Waals surface area contributed by atoms with Crippen LogP contribution in [0.15, 0.2) is 12.1 Å². The van der Waals surface area contributed by atoms with Gasteiger partial charge in [0.2, 0.25) is 5.75 Å². The van der Waals surface area contributed by atoms with Crippen LogP contribution in [0.1, 0.15) is 37.6 Å². The molecule has 144 valence electrons. The molecule has 1 aromatic rings. The average molecular weight is 367 g/mol. The van der Waals surface area contributed by atoms with Crippen LogP contribution in [-0.2, 0) is 9.53 Å². The van der Waals surface area contributed by atoms with E-state index in [0.29, 0.717) is 37.1 Å². The first-order valence-electron chi connectivity index (χ1n) is 8.67. The molecule has 2 rings (SSSR count). The number of benzene rings is 1. The van der Waals surface area contributed by atoms with Gasteiger partial charge in [-0.1, -0.05) is 0 Å². The molecule has 0 aliphatic carbocycles. The molecular formula is C18H25NO7. The number of carboxylic acid groups (broad SMARTS) is 1. The molecule has 1 atom stereocenters. The summed E-state index contributed by atoms with van der Waals surface area (Å²) in [5, 5.41) is 12.1. The van der Waals surface area contributed by atoms with E-state index in [9.17, 15) is 14.7 Å². The third kappa shape index (κ3) is 4.19. The van der Waals surface area contributed by atoms with E-state index in [0.717, 1.165) is 0 Å². The number of aliphatic carboxylic acids is 1. The van der Waals surface area contributed by atoms with Crippen molar-refractivity contribution >= 4 is 11.9 Å². The number of hydrogen-bond donors (Lipinski definition) is 2. The molecule has 26 heavy (non-hydrogen) atoms. The van der Waals surface area contributed by atoms with Crippen molar-refractivity contribution in [3.8, 4) is 17.2 Å². The lowest BCUT2D eigenvalue weighted by molar-refractivity contribution is -0.144. The van der Waals surface area contributed by atoms with Gasteiger partial charge in [0.25, 0.3) is 5.91 Å². The Labute approximate surface area is 152 Å². The van der Waals surface area contributed by atoms with E-state index >= 15 is 0 Å². The van der Waals surface area contributed by atoms with Crippen LogP contribution in [0.2, 0.25) is 0 Å². The maximum Gasteiger partial charge on any atom is 0.331 e. The molecule has 1 aromatic carbocycles. The fourth-order valence-electron chi connectivity index (χ4n) is 2.69. The van der Waals surface area contributed by atoms with Crippen LogP contribution in [0.3, 0.4) is 0 Å². The summed E-state index contributed by atoms with van der Waals surface area (Å²) in [6, 6.07) is 3.05. The lowest BCUT2D eigenvalue weighted by Crippen LogP contribution is -2.55. The fourth-order valence-corrected chi connectivity index (χ4v) is 2.69. The van der Waals surface area contributed by atoms with Gasteiger partial charge in [0.15, 0.2) is 17.0 Å². The van der Waals surface area contributed by atoms with E-state index in [1.54, 1.807) is 0 Å². The highest BCUT2D eigenvalue weighted by molar-refractivity contribution is 5.99. The number of carbonyl (C=O) groups excluding carboxylic acids is 1. The van der Waals surface area contributed by atoms with Gasteiger partial charge in [-0.05, 0) is 32.9 Å². The van der Waals surface area contributed by atoms with Gasteiger partial charge in [-0.15, -0.1) is 0 Å². The summed E-state index contributed by atoms with van der Waals surface area (Å²) in [5.41, 5.74) is -1.19. The second-order valence-corrected chi connectivity index (χ2v) is 5.74. The Hall–Kier alpha value is -2.48. The third-order valence-electron chi connectivity index (χ3n) is 3.96. The molecule has 1 aliphatic heterocycles. The topological polar surface area (TPSA) is 103 Å². The summed E-state index contributed by atoms with van der Waals surface area (Å²) in [7, 11) is 0. The van der Waals surface area contributed by atoms with Crippen LogP contribution >= 0.6 is 0 Å². The minimum absolute atomic E-state index is 0.0677. The zero-order valence-electron chi connectivity index (χ0n) is 15.3. The van der Waals surface area contributed by atoms with Crippen molar-refractivity contribution in [2.45, 2.75) is 32.7 Å². The summed E-state index contributed by atoms with van der Waals surface area (Å²) in [6.07, 6.45) is 0.210. The van der Waals surface area contributed by atoms with Crippen LogP contribution in [-0.4, -0.2) is 55.6 Å².